The van der Waals surface area contributed by atoms with Crippen molar-refractivity contribution in [1.82, 2.24) is 5.32 Å². The molecule has 0 aromatic carbocycles. The summed E-state index contributed by atoms with van der Waals surface area (Å²) in [5.74, 6) is -4.20. The van der Waals surface area contributed by atoms with E-state index in [4.69, 9.17) is 15.9 Å². The van der Waals surface area contributed by atoms with Gasteiger partial charge in [0.25, 0.3) is 0 Å². The summed E-state index contributed by atoms with van der Waals surface area (Å²) in [7, 11) is 0. The standard InChI is InChI=1S/C28H44N2O8S/c1-2-3-4-5-6-7-8-9-10-11-12-13-16-24(23(31)15-14-17-26(33)34)39-20-22(28(37)38)30-25(32)19-18-21(29)27(35)36/h6-7,9-13,16,21-24,31H,2-5,8,14-15,17-20,29H2,1H3,(H,30,32)(H,33,34)(H,35,36)(H,37,38)/b7-6+,10-9+,12-11+,16-13+. The van der Waals surface area contributed by atoms with Crippen molar-refractivity contribution < 1.29 is 39.6 Å². The SMILES string of the molecule is CCCCC/C=C/C/C=C/C=C/C=C/C(SCC(NC(=O)CCC(N)C(=O)O)C(=O)O)C(O)CCCC(=O)O. The Morgan fingerprint density at radius 1 is 0.872 bits per heavy atom. The topological polar surface area (TPSA) is 187 Å². The van der Waals surface area contributed by atoms with E-state index in [9.17, 15) is 29.4 Å². The first-order valence-electron chi connectivity index (χ1n) is 13.2. The number of aliphatic hydroxyl groups is 1. The van der Waals surface area contributed by atoms with E-state index in [1.165, 1.54) is 19.3 Å². The van der Waals surface area contributed by atoms with E-state index in [1.807, 2.05) is 18.2 Å². The quantitative estimate of drug-likeness (QED) is 0.0603. The number of carbonyl (C=O) groups is 4. The van der Waals surface area contributed by atoms with Gasteiger partial charge in [0, 0.05) is 23.8 Å². The van der Waals surface area contributed by atoms with Crippen molar-refractivity contribution in [3.63, 3.8) is 0 Å². The van der Waals surface area contributed by atoms with Crippen molar-refractivity contribution in [3.8, 4) is 0 Å². The van der Waals surface area contributed by atoms with E-state index >= 15 is 0 Å². The van der Waals surface area contributed by atoms with Crippen LogP contribution in [0, 0.1) is 0 Å². The number of allylic oxidation sites excluding steroid dienone is 7. The summed E-state index contributed by atoms with van der Waals surface area (Å²) < 4.78 is 0. The molecule has 0 radical (unpaired) electrons. The number of amides is 1. The Kier molecular flexibility index (Phi) is 21.3. The van der Waals surface area contributed by atoms with Crippen LogP contribution < -0.4 is 11.1 Å². The van der Waals surface area contributed by atoms with E-state index in [-0.39, 0.29) is 37.9 Å². The van der Waals surface area contributed by atoms with Gasteiger partial charge in [0.2, 0.25) is 5.91 Å². The number of aliphatic hydroxyl groups excluding tert-OH is 1. The lowest BCUT2D eigenvalue weighted by Gasteiger charge is -2.22. The Hall–Kier alpha value is -2.89. The lowest BCUT2D eigenvalue weighted by atomic mass is 10.1. The van der Waals surface area contributed by atoms with Gasteiger partial charge in [0.05, 0.1) is 6.10 Å². The van der Waals surface area contributed by atoms with Crippen molar-refractivity contribution in [3.05, 3.63) is 48.6 Å². The fourth-order valence-corrected chi connectivity index (χ4v) is 4.44. The van der Waals surface area contributed by atoms with Gasteiger partial charge in [-0.05, 0) is 38.5 Å². The second-order valence-corrected chi connectivity index (χ2v) is 10.2. The van der Waals surface area contributed by atoms with Crippen LogP contribution >= 0.6 is 11.8 Å². The molecule has 7 N–H and O–H groups in total. The number of carboxylic acid groups (broad SMARTS) is 3. The van der Waals surface area contributed by atoms with Crippen molar-refractivity contribution >= 4 is 35.6 Å². The molecule has 39 heavy (non-hydrogen) atoms. The number of nitrogens with two attached hydrogens (primary N) is 1. The molecule has 10 nitrogen and oxygen atoms in total. The van der Waals surface area contributed by atoms with Gasteiger partial charge in [-0.1, -0.05) is 68.4 Å². The molecule has 0 aliphatic rings. The fourth-order valence-electron chi connectivity index (χ4n) is 3.24. The van der Waals surface area contributed by atoms with E-state index in [0.29, 0.717) is 0 Å². The zero-order valence-electron chi connectivity index (χ0n) is 22.6. The van der Waals surface area contributed by atoms with Crippen molar-refractivity contribution in [2.24, 2.45) is 5.73 Å². The highest BCUT2D eigenvalue weighted by Crippen LogP contribution is 2.21. The van der Waals surface area contributed by atoms with Crippen LogP contribution in [0.25, 0.3) is 0 Å². The van der Waals surface area contributed by atoms with Gasteiger partial charge in [0.1, 0.15) is 12.1 Å². The predicted molar refractivity (Wildman–Crippen MR) is 153 cm³/mol. The summed E-state index contributed by atoms with van der Waals surface area (Å²) in [4.78, 5) is 45.4. The molecule has 0 aliphatic carbocycles. The third-order valence-corrected chi connectivity index (χ3v) is 6.92. The van der Waals surface area contributed by atoms with Crippen LogP contribution in [0.4, 0.5) is 0 Å². The number of aliphatic carboxylic acids is 3. The second kappa shape index (κ2) is 23.0. The summed E-state index contributed by atoms with van der Waals surface area (Å²) in [6.07, 6.45) is 19.9. The zero-order valence-corrected chi connectivity index (χ0v) is 23.4. The molecule has 0 bridgehead atoms. The maximum atomic E-state index is 12.1. The van der Waals surface area contributed by atoms with Crippen LogP contribution in [0.5, 0.6) is 0 Å². The van der Waals surface area contributed by atoms with Gasteiger partial charge in [-0.15, -0.1) is 11.8 Å². The molecule has 0 aromatic rings. The molecular formula is C28H44N2O8S. The van der Waals surface area contributed by atoms with Gasteiger partial charge < -0.3 is 31.5 Å². The monoisotopic (exact) mass is 568 g/mol. The molecule has 0 spiro atoms. The minimum Gasteiger partial charge on any atom is -0.481 e. The van der Waals surface area contributed by atoms with Crippen LogP contribution in [0.2, 0.25) is 0 Å². The molecule has 0 aromatic heterocycles. The Balaban J connectivity index is 5.01. The highest BCUT2D eigenvalue weighted by molar-refractivity contribution is 8.00. The molecule has 0 heterocycles. The number of hydrogen-bond donors (Lipinski definition) is 6. The van der Waals surface area contributed by atoms with Gasteiger partial charge in [-0.3, -0.25) is 14.4 Å². The second-order valence-electron chi connectivity index (χ2n) is 8.99. The molecule has 4 unspecified atom stereocenters. The summed E-state index contributed by atoms with van der Waals surface area (Å²) in [5.41, 5.74) is 5.38. The maximum absolute atomic E-state index is 12.1. The Morgan fingerprint density at radius 2 is 1.59 bits per heavy atom. The van der Waals surface area contributed by atoms with E-state index in [0.717, 1.165) is 24.6 Å². The van der Waals surface area contributed by atoms with Crippen LogP contribution in [-0.2, 0) is 19.2 Å². The summed E-state index contributed by atoms with van der Waals surface area (Å²) in [6.45, 7) is 2.17. The minimum absolute atomic E-state index is 0.0642. The van der Waals surface area contributed by atoms with E-state index in [2.05, 4.69) is 24.4 Å². The number of carboxylic acids is 3. The number of carbonyl (C=O) groups excluding carboxylic acids is 1. The molecule has 0 aliphatic heterocycles. The molecule has 0 fully saturated rings. The average Bonchev–Trinajstić information content (AvgIpc) is 2.88. The Bertz CT molecular complexity index is 857. The third kappa shape index (κ3) is 20.7. The molecule has 0 rings (SSSR count). The number of unbranched alkanes of at least 4 members (excludes halogenated alkanes) is 3. The largest absolute Gasteiger partial charge is 0.481 e. The van der Waals surface area contributed by atoms with Crippen LogP contribution in [0.1, 0.15) is 71.1 Å². The first-order valence-corrected chi connectivity index (χ1v) is 14.3. The maximum Gasteiger partial charge on any atom is 0.327 e. The van der Waals surface area contributed by atoms with Gasteiger partial charge in [-0.2, -0.15) is 0 Å². The highest BCUT2D eigenvalue weighted by Gasteiger charge is 2.25. The minimum atomic E-state index is -1.27. The predicted octanol–water partition coefficient (Wildman–Crippen LogP) is 3.66. The number of thioether (sulfide) groups is 1. The Labute approximate surface area is 235 Å². The summed E-state index contributed by atoms with van der Waals surface area (Å²) >= 11 is 1.12. The smallest absolute Gasteiger partial charge is 0.327 e. The summed E-state index contributed by atoms with van der Waals surface area (Å²) in [5, 5.41) is 39.6. The summed E-state index contributed by atoms with van der Waals surface area (Å²) in [6, 6.07) is -2.49. The average molecular weight is 569 g/mol. The molecule has 1 amide bonds. The third-order valence-electron chi connectivity index (χ3n) is 5.54. The number of nitrogens with one attached hydrogen (secondary N) is 1. The Morgan fingerprint density at radius 3 is 2.23 bits per heavy atom. The molecule has 0 saturated carbocycles. The van der Waals surface area contributed by atoms with E-state index < -0.39 is 47.3 Å². The highest BCUT2D eigenvalue weighted by atomic mass is 32.2. The lowest BCUT2D eigenvalue weighted by molar-refractivity contribution is -0.141. The van der Waals surface area contributed by atoms with Crippen molar-refractivity contribution in [2.45, 2.75) is 94.6 Å². The van der Waals surface area contributed by atoms with Crippen LogP contribution in [0.3, 0.4) is 0 Å². The normalized spacial score (nSPS) is 15.2. The molecule has 11 heteroatoms. The first-order chi connectivity index (χ1) is 18.6. The van der Waals surface area contributed by atoms with Gasteiger partial charge >= 0.3 is 17.9 Å². The molecule has 0 saturated heterocycles. The van der Waals surface area contributed by atoms with Gasteiger partial charge in [0.15, 0.2) is 0 Å². The van der Waals surface area contributed by atoms with Crippen molar-refractivity contribution in [1.29, 1.82) is 0 Å². The molecule has 220 valence electrons. The first kappa shape index (κ1) is 36.1. The number of rotatable bonds is 23. The van der Waals surface area contributed by atoms with E-state index in [1.54, 1.807) is 18.2 Å². The van der Waals surface area contributed by atoms with Gasteiger partial charge in [-0.25, -0.2) is 4.79 Å². The van der Waals surface area contributed by atoms with Crippen LogP contribution in [-0.4, -0.2) is 73.4 Å². The zero-order chi connectivity index (χ0) is 29.5. The fraction of sp³-hybridized carbons (Fsp3) is 0.571. The van der Waals surface area contributed by atoms with Crippen LogP contribution in [0.15, 0.2) is 48.6 Å². The molecular weight excluding hydrogens is 524 g/mol. The van der Waals surface area contributed by atoms with Crippen molar-refractivity contribution in [2.75, 3.05) is 5.75 Å². The molecule has 4 atom stereocenters. The number of hydrogen-bond acceptors (Lipinski definition) is 7. The lowest BCUT2D eigenvalue weighted by Crippen LogP contribution is -2.44.